The average Bonchev–Trinajstić information content (AvgIpc) is 2.74. The first-order chi connectivity index (χ1) is 7.86. The molecule has 84 valence electrons. The molecule has 0 amide bonds. The van der Waals surface area contributed by atoms with Crippen molar-refractivity contribution in [3.05, 3.63) is 35.7 Å². The summed E-state index contributed by atoms with van der Waals surface area (Å²) in [6.07, 6.45) is 3.56. The van der Waals surface area contributed by atoms with Crippen LogP contribution in [-0.2, 0) is 12.8 Å². The highest BCUT2D eigenvalue weighted by molar-refractivity contribution is 5.59. The van der Waals surface area contributed by atoms with Gasteiger partial charge in [-0.15, -0.1) is 0 Å². The van der Waals surface area contributed by atoms with Gasteiger partial charge in [0.25, 0.3) is 0 Å². The molecule has 0 atom stereocenters. The summed E-state index contributed by atoms with van der Waals surface area (Å²) in [4.78, 5) is 4.32. The number of rotatable bonds is 4. The van der Waals surface area contributed by atoms with Gasteiger partial charge in [0.15, 0.2) is 0 Å². The minimum absolute atomic E-state index is 0.631. The monoisotopic (exact) mass is 216 g/mol. The predicted octanol–water partition coefficient (Wildman–Crippen LogP) is 1.54. The standard InChI is InChI=1S/C12H16N4/c1-2-10-9(6-7-13)12(16-15-10)11-5-3-4-8-14-11/h3-5,8H,2,6-7,13H2,1H3,(H,15,16). The number of nitrogens with one attached hydrogen (secondary N) is 1. The third-order valence-electron chi connectivity index (χ3n) is 2.61. The van der Waals surface area contributed by atoms with Gasteiger partial charge in [0, 0.05) is 17.5 Å². The minimum Gasteiger partial charge on any atom is -0.330 e. The molecule has 2 aromatic heterocycles. The van der Waals surface area contributed by atoms with E-state index in [9.17, 15) is 0 Å². The summed E-state index contributed by atoms with van der Waals surface area (Å²) in [7, 11) is 0. The Bertz CT molecular complexity index is 447. The topological polar surface area (TPSA) is 67.6 Å². The number of pyridine rings is 1. The summed E-state index contributed by atoms with van der Waals surface area (Å²) < 4.78 is 0. The van der Waals surface area contributed by atoms with Gasteiger partial charge < -0.3 is 5.73 Å². The van der Waals surface area contributed by atoms with Crippen molar-refractivity contribution in [3.63, 3.8) is 0 Å². The molecule has 0 spiro atoms. The zero-order chi connectivity index (χ0) is 11.4. The largest absolute Gasteiger partial charge is 0.330 e. The van der Waals surface area contributed by atoms with Gasteiger partial charge in [-0.1, -0.05) is 13.0 Å². The molecular formula is C12H16N4. The molecule has 4 nitrogen and oxygen atoms in total. The fourth-order valence-electron chi connectivity index (χ4n) is 1.82. The predicted molar refractivity (Wildman–Crippen MR) is 64.0 cm³/mol. The van der Waals surface area contributed by atoms with Crippen LogP contribution in [-0.4, -0.2) is 21.7 Å². The molecule has 0 saturated heterocycles. The minimum atomic E-state index is 0.631. The molecule has 16 heavy (non-hydrogen) atoms. The van der Waals surface area contributed by atoms with Crippen molar-refractivity contribution in [2.45, 2.75) is 19.8 Å². The van der Waals surface area contributed by atoms with Crippen LogP contribution in [0.15, 0.2) is 24.4 Å². The molecule has 0 fully saturated rings. The third kappa shape index (κ3) is 1.97. The second-order valence-electron chi connectivity index (χ2n) is 3.64. The Morgan fingerprint density at radius 3 is 2.88 bits per heavy atom. The Morgan fingerprint density at radius 1 is 1.38 bits per heavy atom. The second-order valence-corrected chi connectivity index (χ2v) is 3.64. The van der Waals surface area contributed by atoms with Crippen LogP contribution >= 0.6 is 0 Å². The maximum Gasteiger partial charge on any atom is 0.114 e. The SMILES string of the molecule is CCc1[nH]nc(-c2ccccn2)c1CCN. The lowest BCUT2D eigenvalue weighted by Gasteiger charge is -2.02. The van der Waals surface area contributed by atoms with Crippen LogP contribution in [0.2, 0.25) is 0 Å². The smallest absolute Gasteiger partial charge is 0.114 e. The molecule has 0 saturated carbocycles. The number of aromatic nitrogens is 3. The molecule has 0 radical (unpaired) electrons. The van der Waals surface area contributed by atoms with Gasteiger partial charge in [0.1, 0.15) is 5.69 Å². The molecule has 0 aliphatic carbocycles. The van der Waals surface area contributed by atoms with E-state index in [2.05, 4.69) is 22.1 Å². The van der Waals surface area contributed by atoms with Gasteiger partial charge in [-0.25, -0.2) is 0 Å². The van der Waals surface area contributed by atoms with E-state index in [1.807, 2.05) is 18.2 Å². The molecule has 0 unspecified atom stereocenters. The molecule has 2 heterocycles. The molecule has 2 rings (SSSR count). The number of nitrogens with zero attached hydrogens (tertiary/aromatic N) is 2. The van der Waals surface area contributed by atoms with E-state index >= 15 is 0 Å². The van der Waals surface area contributed by atoms with Crippen LogP contribution in [0.3, 0.4) is 0 Å². The third-order valence-corrected chi connectivity index (χ3v) is 2.61. The van der Waals surface area contributed by atoms with Crippen molar-refractivity contribution >= 4 is 0 Å². The zero-order valence-electron chi connectivity index (χ0n) is 9.40. The first-order valence-electron chi connectivity index (χ1n) is 5.54. The lowest BCUT2D eigenvalue weighted by atomic mass is 10.1. The van der Waals surface area contributed by atoms with Gasteiger partial charge in [-0.2, -0.15) is 5.10 Å². The molecule has 0 aliphatic heterocycles. The Hall–Kier alpha value is -1.68. The van der Waals surface area contributed by atoms with Crippen molar-refractivity contribution in [1.82, 2.24) is 15.2 Å². The number of aryl methyl sites for hydroxylation is 1. The normalized spacial score (nSPS) is 10.6. The van der Waals surface area contributed by atoms with E-state index < -0.39 is 0 Å². The van der Waals surface area contributed by atoms with Crippen LogP contribution in [0.4, 0.5) is 0 Å². The number of nitrogens with two attached hydrogens (primary N) is 1. The Morgan fingerprint density at radius 2 is 2.25 bits per heavy atom. The van der Waals surface area contributed by atoms with Gasteiger partial charge in [0.05, 0.1) is 5.69 Å². The highest BCUT2D eigenvalue weighted by Gasteiger charge is 2.13. The number of hydrogen-bond donors (Lipinski definition) is 2. The highest BCUT2D eigenvalue weighted by Crippen LogP contribution is 2.22. The van der Waals surface area contributed by atoms with E-state index in [0.717, 1.165) is 29.9 Å². The zero-order valence-corrected chi connectivity index (χ0v) is 9.40. The second kappa shape index (κ2) is 4.90. The molecule has 0 aromatic carbocycles. The van der Waals surface area contributed by atoms with E-state index in [-0.39, 0.29) is 0 Å². The molecule has 0 bridgehead atoms. The van der Waals surface area contributed by atoms with Gasteiger partial charge >= 0.3 is 0 Å². The first kappa shape index (κ1) is 10.8. The van der Waals surface area contributed by atoms with E-state index in [4.69, 9.17) is 5.73 Å². The molecule has 4 heteroatoms. The highest BCUT2D eigenvalue weighted by atomic mass is 15.1. The summed E-state index contributed by atoms with van der Waals surface area (Å²) in [6.45, 7) is 2.74. The average molecular weight is 216 g/mol. The van der Waals surface area contributed by atoms with Crippen LogP contribution in [0.5, 0.6) is 0 Å². The van der Waals surface area contributed by atoms with E-state index in [1.54, 1.807) is 6.20 Å². The maximum absolute atomic E-state index is 5.63. The van der Waals surface area contributed by atoms with Gasteiger partial charge in [-0.3, -0.25) is 10.1 Å². The van der Waals surface area contributed by atoms with Crippen molar-refractivity contribution in [2.75, 3.05) is 6.54 Å². The van der Waals surface area contributed by atoms with Crippen LogP contribution < -0.4 is 5.73 Å². The first-order valence-corrected chi connectivity index (χ1v) is 5.54. The number of hydrogen-bond acceptors (Lipinski definition) is 3. The lowest BCUT2D eigenvalue weighted by molar-refractivity contribution is 0.921. The van der Waals surface area contributed by atoms with Crippen molar-refractivity contribution < 1.29 is 0 Å². The van der Waals surface area contributed by atoms with E-state index in [1.165, 1.54) is 5.56 Å². The summed E-state index contributed by atoms with van der Waals surface area (Å²) in [5, 5.41) is 7.39. The van der Waals surface area contributed by atoms with Gasteiger partial charge in [-0.05, 0) is 31.5 Å². The summed E-state index contributed by atoms with van der Waals surface area (Å²) in [5.41, 5.74) is 9.82. The fourth-order valence-corrected chi connectivity index (χ4v) is 1.82. The summed E-state index contributed by atoms with van der Waals surface area (Å²) in [5.74, 6) is 0. The number of H-pyrrole nitrogens is 1. The Kier molecular flexibility index (Phi) is 3.31. The Labute approximate surface area is 94.9 Å². The van der Waals surface area contributed by atoms with Gasteiger partial charge in [0.2, 0.25) is 0 Å². The number of aromatic amines is 1. The van der Waals surface area contributed by atoms with Crippen molar-refractivity contribution in [2.24, 2.45) is 5.73 Å². The maximum atomic E-state index is 5.63. The van der Waals surface area contributed by atoms with Crippen LogP contribution in [0.25, 0.3) is 11.4 Å². The fraction of sp³-hybridized carbons (Fsp3) is 0.333. The van der Waals surface area contributed by atoms with Crippen LogP contribution in [0.1, 0.15) is 18.2 Å². The van der Waals surface area contributed by atoms with Crippen molar-refractivity contribution in [3.8, 4) is 11.4 Å². The summed E-state index contributed by atoms with van der Waals surface area (Å²) in [6, 6.07) is 5.84. The van der Waals surface area contributed by atoms with Crippen LogP contribution in [0, 0.1) is 0 Å². The van der Waals surface area contributed by atoms with Crippen molar-refractivity contribution in [1.29, 1.82) is 0 Å². The molecule has 3 N–H and O–H groups in total. The molecule has 0 aliphatic rings. The summed E-state index contributed by atoms with van der Waals surface area (Å²) >= 11 is 0. The lowest BCUT2D eigenvalue weighted by Crippen LogP contribution is -2.05. The Balaban J connectivity index is 2.44. The quantitative estimate of drug-likeness (QED) is 0.814. The molecule has 2 aromatic rings. The van der Waals surface area contributed by atoms with E-state index in [0.29, 0.717) is 6.54 Å². The molecular weight excluding hydrogens is 200 g/mol.